The van der Waals surface area contributed by atoms with Gasteiger partial charge in [-0.25, -0.2) is 4.79 Å². The molecule has 0 saturated heterocycles. The van der Waals surface area contributed by atoms with Crippen molar-refractivity contribution in [2.45, 2.75) is 13.8 Å². The fraction of sp³-hybridized carbons (Fsp3) is 0.364. The zero-order valence-corrected chi connectivity index (χ0v) is 11.6. The number of anilines is 2. The number of nitrogens with zero attached hydrogens (tertiary/aromatic N) is 1. The van der Waals surface area contributed by atoms with Crippen LogP contribution in [0.4, 0.5) is 11.4 Å². The average molecular weight is 287 g/mol. The highest BCUT2D eigenvalue weighted by atomic mass is 32.2. The second-order valence-corrected chi connectivity index (χ2v) is 5.47. The maximum absolute atomic E-state index is 12.0. The quantitative estimate of drug-likeness (QED) is 0.675. The highest BCUT2D eigenvalue weighted by Crippen LogP contribution is 2.21. The van der Waals surface area contributed by atoms with Gasteiger partial charge in [-0.2, -0.15) is 12.7 Å². The molecule has 0 aliphatic carbocycles. The van der Waals surface area contributed by atoms with Gasteiger partial charge in [-0.1, -0.05) is 13.8 Å². The topological polar surface area (TPSA) is 113 Å². The highest BCUT2D eigenvalue weighted by molar-refractivity contribution is 7.90. The summed E-state index contributed by atoms with van der Waals surface area (Å²) in [7, 11) is -3.78. The van der Waals surface area contributed by atoms with E-state index in [-0.39, 0.29) is 30.0 Å². The largest absolute Gasteiger partial charge is 0.478 e. The first-order chi connectivity index (χ1) is 8.81. The highest BCUT2D eigenvalue weighted by Gasteiger charge is 2.21. The summed E-state index contributed by atoms with van der Waals surface area (Å²) in [6.45, 7) is 3.97. The number of carboxylic acid groups (broad SMARTS) is 1. The van der Waals surface area contributed by atoms with Gasteiger partial charge in [-0.05, 0) is 18.2 Å². The first kappa shape index (κ1) is 15.3. The molecule has 0 aliphatic heterocycles. The molecule has 0 spiro atoms. The maximum Gasteiger partial charge on any atom is 0.337 e. The van der Waals surface area contributed by atoms with Crippen LogP contribution in [0.5, 0.6) is 0 Å². The minimum atomic E-state index is -3.78. The number of rotatable bonds is 6. The van der Waals surface area contributed by atoms with E-state index in [1.807, 2.05) is 0 Å². The Morgan fingerprint density at radius 2 is 1.95 bits per heavy atom. The molecule has 0 bridgehead atoms. The van der Waals surface area contributed by atoms with Gasteiger partial charge in [-0.3, -0.25) is 4.72 Å². The number of carboxylic acids is 1. The summed E-state index contributed by atoms with van der Waals surface area (Å²) in [6.07, 6.45) is 0. The molecule has 19 heavy (non-hydrogen) atoms. The van der Waals surface area contributed by atoms with Gasteiger partial charge in [0.1, 0.15) is 0 Å². The van der Waals surface area contributed by atoms with Crippen LogP contribution < -0.4 is 10.5 Å². The summed E-state index contributed by atoms with van der Waals surface area (Å²) in [5, 5.41) is 9.02. The van der Waals surface area contributed by atoms with Crippen molar-refractivity contribution in [3.05, 3.63) is 23.8 Å². The third kappa shape index (κ3) is 3.58. The first-order valence-corrected chi connectivity index (χ1v) is 7.16. The van der Waals surface area contributed by atoms with Crippen LogP contribution in [-0.2, 0) is 10.2 Å². The molecule has 1 aromatic rings. The Balaban J connectivity index is 3.18. The van der Waals surface area contributed by atoms with E-state index in [1.54, 1.807) is 13.8 Å². The summed E-state index contributed by atoms with van der Waals surface area (Å²) in [6, 6.07) is 3.95. The third-order valence-electron chi connectivity index (χ3n) is 2.56. The van der Waals surface area contributed by atoms with Gasteiger partial charge < -0.3 is 10.8 Å². The van der Waals surface area contributed by atoms with E-state index in [9.17, 15) is 13.2 Å². The molecule has 4 N–H and O–H groups in total. The number of nitrogen functional groups attached to an aromatic ring is 1. The van der Waals surface area contributed by atoms with E-state index in [2.05, 4.69) is 4.72 Å². The summed E-state index contributed by atoms with van der Waals surface area (Å²) >= 11 is 0. The van der Waals surface area contributed by atoms with Crippen LogP contribution in [0, 0.1) is 0 Å². The van der Waals surface area contributed by atoms with Crippen LogP contribution in [-0.4, -0.2) is 36.9 Å². The Hall–Kier alpha value is -1.80. The van der Waals surface area contributed by atoms with Crippen molar-refractivity contribution in [2.24, 2.45) is 0 Å². The molecule has 0 aromatic heterocycles. The van der Waals surface area contributed by atoms with Gasteiger partial charge in [0.25, 0.3) is 0 Å². The number of hydrogen-bond acceptors (Lipinski definition) is 4. The van der Waals surface area contributed by atoms with Gasteiger partial charge in [0.15, 0.2) is 0 Å². The van der Waals surface area contributed by atoms with E-state index >= 15 is 0 Å². The van der Waals surface area contributed by atoms with E-state index in [0.717, 1.165) is 0 Å². The third-order valence-corrected chi connectivity index (χ3v) is 4.23. The van der Waals surface area contributed by atoms with Crippen LogP contribution in [0.2, 0.25) is 0 Å². The lowest BCUT2D eigenvalue weighted by atomic mass is 10.1. The van der Waals surface area contributed by atoms with Gasteiger partial charge in [0, 0.05) is 18.8 Å². The molecule has 1 aromatic carbocycles. The van der Waals surface area contributed by atoms with Gasteiger partial charge >= 0.3 is 16.2 Å². The zero-order chi connectivity index (χ0) is 14.6. The predicted molar refractivity (Wildman–Crippen MR) is 73.3 cm³/mol. The van der Waals surface area contributed by atoms with Crippen molar-refractivity contribution in [1.29, 1.82) is 0 Å². The first-order valence-electron chi connectivity index (χ1n) is 5.72. The molecule has 0 heterocycles. The van der Waals surface area contributed by atoms with Crippen LogP contribution >= 0.6 is 0 Å². The Morgan fingerprint density at radius 1 is 1.37 bits per heavy atom. The lowest BCUT2D eigenvalue weighted by Gasteiger charge is -2.20. The minimum absolute atomic E-state index is 0.0422. The lowest BCUT2D eigenvalue weighted by Crippen LogP contribution is -2.35. The SMILES string of the molecule is CCN(CC)S(=O)(=O)Nc1cc(N)ccc1C(=O)O. The Labute approximate surface area is 112 Å². The second kappa shape index (κ2) is 5.89. The Bertz CT molecular complexity index is 567. The fourth-order valence-electron chi connectivity index (χ4n) is 1.60. The monoisotopic (exact) mass is 287 g/mol. The van der Waals surface area contributed by atoms with E-state index < -0.39 is 16.2 Å². The van der Waals surface area contributed by atoms with E-state index in [4.69, 9.17) is 10.8 Å². The van der Waals surface area contributed by atoms with Crippen LogP contribution in [0.1, 0.15) is 24.2 Å². The molecule has 7 nitrogen and oxygen atoms in total. The number of carbonyl (C=O) groups is 1. The smallest absolute Gasteiger partial charge is 0.337 e. The molecule has 1 rings (SSSR count). The van der Waals surface area contributed by atoms with Crippen molar-refractivity contribution >= 4 is 27.6 Å². The number of hydrogen-bond donors (Lipinski definition) is 3. The van der Waals surface area contributed by atoms with Crippen molar-refractivity contribution < 1.29 is 18.3 Å². The zero-order valence-electron chi connectivity index (χ0n) is 10.8. The number of nitrogens with one attached hydrogen (secondary N) is 1. The predicted octanol–water partition coefficient (Wildman–Crippen LogP) is 0.966. The van der Waals surface area contributed by atoms with Gasteiger partial charge in [0.2, 0.25) is 0 Å². The summed E-state index contributed by atoms with van der Waals surface area (Å²) in [4.78, 5) is 11.0. The normalized spacial score (nSPS) is 11.5. The van der Waals surface area contributed by atoms with Crippen molar-refractivity contribution in [3.8, 4) is 0 Å². The van der Waals surface area contributed by atoms with Crippen molar-refractivity contribution in [1.82, 2.24) is 4.31 Å². The summed E-state index contributed by atoms with van der Waals surface area (Å²) in [5.41, 5.74) is 5.64. The minimum Gasteiger partial charge on any atom is -0.478 e. The molecule has 0 unspecified atom stereocenters. The number of benzene rings is 1. The van der Waals surface area contributed by atoms with E-state index in [1.165, 1.54) is 22.5 Å². The van der Waals surface area contributed by atoms with Crippen LogP contribution in [0.25, 0.3) is 0 Å². The molecule has 8 heteroatoms. The number of aromatic carboxylic acids is 1. The van der Waals surface area contributed by atoms with Crippen molar-refractivity contribution in [2.75, 3.05) is 23.5 Å². The Morgan fingerprint density at radius 3 is 2.42 bits per heavy atom. The van der Waals surface area contributed by atoms with Gasteiger partial charge in [0.05, 0.1) is 11.3 Å². The summed E-state index contributed by atoms with van der Waals surface area (Å²) in [5.74, 6) is -1.22. The van der Waals surface area contributed by atoms with Crippen LogP contribution in [0.3, 0.4) is 0 Å². The molecule has 0 atom stereocenters. The number of nitrogens with two attached hydrogens (primary N) is 1. The lowest BCUT2D eigenvalue weighted by molar-refractivity contribution is 0.0698. The summed E-state index contributed by atoms with van der Waals surface area (Å²) < 4.78 is 27.5. The molecular formula is C11H17N3O4S. The molecule has 0 fully saturated rings. The van der Waals surface area contributed by atoms with Gasteiger partial charge in [-0.15, -0.1) is 0 Å². The molecule has 0 aliphatic rings. The molecule has 106 valence electrons. The standard InChI is InChI=1S/C11H17N3O4S/c1-3-14(4-2)19(17,18)13-10-7-8(12)5-6-9(10)11(15)16/h5-7,13H,3-4,12H2,1-2H3,(H,15,16). The molecule has 0 radical (unpaired) electrons. The fourth-order valence-corrected chi connectivity index (χ4v) is 2.86. The van der Waals surface area contributed by atoms with Crippen molar-refractivity contribution in [3.63, 3.8) is 0 Å². The Kier molecular flexibility index (Phi) is 4.73. The molecular weight excluding hydrogens is 270 g/mol. The second-order valence-electron chi connectivity index (χ2n) is 3.80. The van der Waals surface area contributed by atoms with E-state index in [0.29, 0.717) is 0 Å². The average Bonchev–Trinajstić information content (AvgIpc) is 2.28. The molecule has 0 amide bonds. The van der Waals surface area contributed by atoms with Crippen LogP contribution in [0.15, 0.2) is 18.2 Å². The maximum atomic E-state index is 12.0. The molecule has 0 saturated carbocycles.